The zero-order chi connectivity index (χ0) is 19.3. The predicted octanol–water partition coefficient (Wildman–Crippen LogP) is 3.13. The molecule has 0 N–H and O–H groups in total. The molecular weight excluding hydrogens is 370 g/mol. The monoisotopic (exact) mass is 397 g/mol. The highest BCUT2D eigenvalue weighted by Crippen LogP contribution is 2.24. The van der Waals surface area contributed by atoms with Crippen LogP contribution in [0.15, 0.2) is 47.5 Å². The molecule has 148 valence electrons. The van der Waals surface area contributed by atoms with E-state index in [1.54, 1.807) is 11.8 Å². The van der Waals surface area contributed by atoms with E-state index in [4.69, 9.17) is 4.74 Å². The first-order valence-electron chi connectivity index (χ1n) is 9.76. The van der Waals surface area contributed by atoms with Crippen molar-refractivity contribution >= 4 is 17.4 Å². The van der Waals surface area contributed by atoms with Crippen LogP contribution in [-0.4, -0.2) is 77.0 Å². The molecule has 6 nitrogen and oxygen atoms in total. The second-order valence-electron chi connectivity index (χ2n) is 7.16. The lowest BCUT2D eigenvalue weighted by molar-refractivity contribution is 0.145. The quantitative estimate of drug-likeness (QED) is 0.451. The van der Waals surface area contributed by atoms with Crippen LogP contribution in [0.5, 0.6) is 5.88 Å². The maximum Gasteiger partial charge on any atom is 0.231 e. The molecule has 1 aliphatic rings. The molecule has 28 heavy (non-hydrogen) atoms. The highest BCUT2D eigenvalue weighted by atomic mass is 32.2. The van der Waals surface area contributed by atoms with Gasteiger partial charge in [-0.2, -0.15) is 0 Å². The van der Waals surface area contributed by atoms with Crippen molar-refractivity contribution in [2.75, 3.05) is 52.6 Å². The van der Waals surface area contributed by atoms with Crippen molar-refractivity contribution in [3.63, 3.8) is 0 Å². The number of nitrogens with zero attached hydrogens (tertiary/aromatic N) is 5. The normalized spacial score (nSPS) is 15.9. The van der Waals surface area contributed by atoms with Gasteiger partial charge in [-0.15, -0.1) is 16.9 Å². The van der Waals surface area contributed by atoms with E-state index in [9.17, 15) is 0 Å². The molecule has 0 aliphatic carbocycles. The summed E-state index contributed by atoms with van der Waals surface area (Å²) >= 11 is 1.74. The third kappa shape index (κ3) is 4.48. The Morgan fingerprint density at radius 1 is 1.04 bits per heavy atom. The highest BCUT2D eigenvalue weighted by Gasteiger charge is 2.13. The molecule has 0 amide bonds. The predicted molar refractivity (Wildman–Crippen MR) is 114 cm³/mol. The fourth-order valence-corrected chi connectivity index (χ4v) is 3.84. The molecule has 0 saturated carbocycles. The Labute approximate surface area is 170 Å². The van der Waals surface area contributed by atoms with E-state index in [1.165, 1.54) is 4.90 Å². The summed E-state index contributed by atoms with van der Waals surface area (Å²) in [6.45, 7) is 6.36. The third-order valence-electron chi connectivity index (χ3n) is 5.19. The number of aromatic nitrogens is 3. The molecule has 4 rings (SSSR count). The van der Waals surface area contributed by atoms with E-state index < -0.39 is 0 Å². The molecule has 0 bridgehead atoms. The lowest BCUT2D eigenvalue weighted by Crippen LogP contribution is -2.44. The highest BCUT2D eigenvalue weighted by molar-refractivity contribution is 7.98. The standard InChI is InChI=1S/C21H27N5OS/c1-24-11-13-25(14-12-24)10-3-15-27-21-9-8-20-22-16-19(26(20)23-21)17-4-6-18(28-2)7-5-17/h4-9,16H,3,10-15H2,1-2H3. The number of thioether (sulfide) groups is 1. The van der Waals surface area contributed by atoms with Crippen molar-refractivity contribution in [1.29, 1.82) is 0 Å². The third-order valence-corrected chi connectivity index (χ3v) is 5.93. The Bertz CT molecular complexity index is 903. The summed E-state index contributed by atoms with van der Waals surface area (Å²) in [7, 11) is 2.18. The van der Waals surface area contributed by atoms with Crippen molar-refractivity contribution in [2.24, 2.45) is 0 Å². The largest absolute Gasteiger partial charge is 0.477 e. The molecule has 1 saturated heterocycles. The minimum Gasteiger partial charge on any atom is -0.477 e. The molecule has 0 atom stereocenters. The molecule has 3 heterocycles. The van der Waals surface area contributed by atoms with Crippen molar-refractivity contribution in [3.05, 3.63) is 42.6 Å². The van der Waals surface area contributed by atoms with Gasteiger partial charge in [0.2, 0.25) is 5.88 Å². The fraction of sp³-hybridized carbons (Fsp3) is 0.429. The van der Waals surface area contributed by atoms with Gasteiger partial charge in [0.1, 0.15) is 0 Å². The fourth-order valence-electron chi connectivity index (χ4n) is 3.43. The van der Waals surface area contributed by atoms with E-state index in [1.807, 2.05) is 22.8 Å². The van der Waals surface area contributed by atoms with Crippen LogP contribution in [0.3, 0.4) is 0 Å². The van der Waals surface area contributed by atoms with Gasteiger partial charge in [-0.25, -0.2) is 9.50 Å². The van der Waals surface area contributed by atoms with Crippen LogP contribution in [0.1, 0.15) is 6.42 Å². The minimum atomic E-state index is 0.644. The number of rotatable bonds is 7. The van der Waals surface area contributed by atoms with E-state index in [2.05, 4.69) is 57.5 Å². The van der Waals surface area contributed by atoms with E-state index in [-0.39, 0.29) is 0 Å². The van der Waals surface area contributed by atoms with Crippen LogP contribution >= 0.6 is 11.8 Å². The zero-order valence-corrected chi connectivity index (χ0v) is 17.4. The summed E-state index contributed by atoms with van der Waals surface area (Å²) in [4.78, 5) is 10.6. The molecule has 1 aliphatic heterocycles. The van der Waals surface area contributed by atoms with Crippen molar-refractivity contribution in [2.45, 2.75) is 11.3 Å². The summed E-state index contributed by atoms with van der Waals surface area (Å²) in [5, 5.41) is 4.65. The molecule has 1 fully saturated rings. The van der Waals surface area contributed by atoms with Crippen LogP contribution in [0.25, 0.3) is 16.9 Å². The van der Waals surface area contributed by atoms with Gasteiger partial charge in [-0.3, -0.25) is 0 Å². The number of ether oxygens (including phenoxy) is 1. The van der Waals surface area contributed by atoms with Crippen molar-refractivity contribution in [1.82, 2.24) is 24.4 Å². The van der Waals surface area contributed by atoms with E-state index >= 15 is 0 Å². The second-order valence-corrected chi connectivity index (χ2v) is 8.04. The van der Waals surface area contributed by atoms with Gasteiger partial charge in [-0.05, 0) is 37.9 Å². The van der Waals surface area contributed by atoms with Gasteiger partial charge in [-0.1, -0.05) is 12.1 Å². The number of hydrogen-bond acceptors (Lipinski definition) is 6. The lowest BCUT2D eigenvalue weighted by atomic mass is 10.2. The van der Waals surface area contributed by atoms with Gasteiger partial charge in [0, 0.05) is 49.2 Å². The molecule has 0 radical (unpaired) electrons. The number of fused-ring (bicyclic) bond motifs is 1. The topological polar surface area (TPSA) is 45.9 Å². The molecule has 2 aromatic heterocycles. The van der Waals surface area contributed by atoms with Crippen LogP contribution in [0.2, 0.25) is 0 Å². The molecule has 0 spiro atoms. The number of benzene rings is 1. The molecular formula is C21H27N5OS. The first kappa shape index (κ1) is 19.2. The van der Waals surface area contributed by atoms with Gasteiger partial charge in [0.05, 0.1) is 18.5 Å². The van der Waals surface area contributed by atoms with Crippen molar-refractivity contribution < 1.29 is 4.74 Å². The SMILES string of the molecule is CSc1ccc(-c2cnc3ccc(OCCCN4CCN(C)CC4)nn23)cc1. The first-order valence-corrected chi connectivity index (χ1v) is 11.0. The Kier molecular flexibility index (Phi) is 6.14. The maximum absolute atomic E-state index is 5.92. The number of piperazine rings is 1. The second kappa shape index (κ2) is 8.94. The summed E-state index contributed by atoms with van der Waals surface area (Å²) in [5.74, 6) is 0.644. The Balaban J connectivity index is 1.38. The van der Waals surface area contributed by atoms with E-state index in [0.29, 0.717) is 12.5 Å². The number of hydrogen-bond donors (Lipinski definition) is 0. The molecule has 0 unspecified atom stereocenters. The van der Waals surface area contributed by atoms with Crippen LogP contribution in [-0.2, 0) is 0 Å². The number of imidazole rings is 1. The first-order chi connectivity index (χ1) is 13.7. The Morgan fingerprint density at radius 3 is 2.57 bits per heavy atom. The van der Waals surface area contributed by atoms with Crippen LogP contribution in [0, 0.1) is 0 Å². The number of likely N-dealkylation sites (N-methyl/N-ethyl adjacent to an activating group) is 1. The minimum absolute atomic E-state index is 0.644. The Hall–Kier alpha value is -2.09. The van der Waals surface area contributed by atoms with Gasteiger partial charge in [0.15, 0.2) is 5.65 Å². The lowest BCUT2D eigenvalue weighted by Gasteiger charge is -2.32. The van der Waals surface area contributed by atoms with Crippen LogP contribution in [0.4, 0.5) is 0 Å². The summed E-state index contributed by atoms with van der Waals surface area (Å²) in [6.07, 6.45) is 4.96. The zero-order valence-electron chi connectivity index (χ0n) is 16.5. The van der Waals surface area contributed by atoms with Crippen LogP contribution < -0.4 is 4.74 Å². The van der Waals surface area contributed by atoms with Gasteiger partial charge in [0.25, 0.3) is 0 Å². The van der Waals surface area contributed by atoms with Gasteiger partial charge < -0.3 is 14.5 Å². The average molecular weight is 398 g/mol. The molecule has 3 aromatic rings. The van der Waals surface area contributed by atoms with E-state index in [0.717, 1.165) is 56.0 Å². The maximum atomic E-state index is 5.92. The summed E-state index contributed by atoms with van der Waals surface area (Å²) in [6, 6.07) is 12.3. The molecule has 1 aromatic carbocycles. The summed E-state index contributed by atoms with van der Waals surface area (Å²) < 4.78 is 7.79. The Morgan fingerprint density at radius 2 is 1.82 bits per heavy atom. The van der Waals surface area contributed by atoms with Crippen molar-refractivity contribution in [3.8, 4) is 17.1 Å². The average Bonchev–Trinajstić information content (AvgIpc) is 3.16. The smallest absolute Gasteiger partial charge is 0.231 e. The molecule has 7 heteroatoms. The summed E-state index contributed by atoms with van der Waals surface area (Å²) in [5.41, 5.74) is 2.91. The van der Waals surface area contributed by atoms with Gasteiger partial charge >= 0.3 is 0 Å².